The molecule has 0 aromatic heterocycles. The fourth-order valence-corrected chi connectivity index (χ4v) is 4.82. The maximum Gasteiger partial charge on any atom is 0.261 e. The Hall–Kier alpha value is -2.77. The van der Waals surface area contributed by atoms with E-state index in [4.69, 9.17) is 0 Å². The fraction of sp³-hybridized carbons (Fsp3) is 0.208. The van der Waals surface area contributed by atoms with Gasteiger partial charge in [-0.2, -0.15) is 11.8 Å². The van der Waals surface area contributed by atoms with Gasteiger partial charge in [0.05, 0.1) is 4.90 Å². The summed E-state index contributed by atoms with van der Waals surface area (Å²) in [5, 5.41) is 2.90. The van der Waals surface area contributed by atoms with E-state index in [0.29, 0.717) is 17.8 Å². The fourth-order valence-electron chi connectivity index (χ4n) is 2.95. The van der Waals surface area contributed by atoms with Crippen LogP contribution < -0.4 is 10.0 Å². The Labute approximate surface area is 188 Å². The third-order valence-corrected chi connectivity index (χ3v) is 7.04. The van der Waals surface area contributed by atoms with Crippen molar-refractivity contribution in [1.82, 2.24) is 5.32 Å². The van der Waals surface area contributed by atoms with E-state index >= 15 is 0 Å². The molecule has 31 heavy (non-hydrogen) atoms. The summed E-state index contributed by atoms with van der Waals surface area (Å²) in [6.45, 7) is 4.54. The number of benzene rings is 3. The van der Waals surface area contributed by atoms with Gasteiger partial charge in [0.2, 0.25) is 0 Å². The van der Waals surface area contributed by atoms with Gasteiger partial charge in [-0.3, -0.25) is 9.52 Å². The van der Waals surface area contributed by atoms with Crippen LogP contribution in [0.5, 0.6) is 0 Å². The summed E-state index contributed by atoms with van der Waals surface area (Å²) in [6, 6.07) is 21.4. The van der Waals surface area contributed by atoms with Crippen LogP contribution in [0.25, 0.3) is 0 Å². The zero-order chi connectivity index (χ0) is 22.3. The van der Waals surface area contributed by atoms with Crippen LogP contribution in [0, 0.1) is 13.8 Å². The molecule has 0 unspecified atom stereocenters. The topological polar surface area (TPSA) is 75.3 Å². The Balaban J connectivity index is 1.46. The van der Waals surface area contributed by atoms with Crippen molar-refractivity contribution < 1.29 is 13.2 Å². The summed E-state index contributed by atoms with van der Waals surface area (Å²) in [4.78, 5) is 12.5. The molecule has 7 heteroatoms. The minimum absolute atomic E-state index is 0.177. The molecule has 3 aromatic carbocycles. The van der Waals surface area contributed by atoms with Crippen molar-refractivity contribution in [2.75, 3.05) is 17.0 Å². The molecule has 0 radical (unpaired) electrons. The third kappa shape index (κ3) is 6.87. The highest BCUT2D eigenvalue weighted by Gasteiger charge is 2.14. The summed E-state index contributed by atoms with van der Waals surface area (Å²) < 4.78 is 27.5. The first-order valence-electron chi connectivity index (χ1n) is 9.94. The van der Waals surface area contributed by atoms with Crippen molar-refractivity contribution in [3.05, 3.63) is 95.1 Å². The lowest BCUT2D eigenvalue weighted by atomic mass is 10.2. The average Bonchev–Trinajstić information content (AvgIpc) is 2.74. The van der Waals surface area contributed by atoms with Crippen LogP contribution in [0.15, 0.2) is 77.7 Å². The number of carbonyl (C=O) groups is 1. The molecule has 0 bridgehead atoms. The molecule has 5 nitrogen and oxygen atoms in total. The number of thioether (sulfide) groups is 1. The molecule has 1 amide bonds. The van der Waals surface area contributed by atoms with Gasteiger partial charge in [0, 0.05) is 29.3 Å². The molecule has 0 aliphatic heterocycles. The summed E-state index contributed by atoms with van der Waals surface area (Å²) in [6.07, 6.45) is 0. The number of carbonyl (C=O) groups excluding carboxylic acids is 1. The Morgan fingerprint density at radius 1 is 0.903 bits per heavy atom. The van der Waals surface area contributed by atoms with Crippen LogP contribution in [-0.4, -0.2) is 26.6 Å². The molecule has 0 saturated carbocycles. The van der Waals surface area contributed by atoms with E-state index in [2.05, 4.69) is 41.2 Å². The van der Waals surface area contributed by atoms with Gasteiger partial charge in [-0.05, 0) is 55.8 Å². The number of aryl methyl sites for hydroxylation is 2. The number of hydrogen-bond donors (Lipinski definition) is 2. The molecule has 0 spiro atoms. The van der Waals surface area contributed by atoms with Crippen LogP contribution in [0.1, 0.15) is 27.0 Å². The number of anilines is 1. The third-order valence-electron chi connectivity index (χ3n) is 4.61. The molecule has 162 valence electrons. The maximum absolute atomic E-state index is 12.5. The monoisotopic (exact) mass is 454 g/mol. The van der Waals surface area contributed by atoms with E-state index in [9.17, 15) is 13.2 Å². The van der Waals surface area contributed by atoms with Gasteiger partial charge in [0.25, 0.3) is 15.9 Å². The van der Waals surface area contributed by atoms with E-state index in [0.717, 1.165) is 17.1 Å². The molecule has 2 N–H and O–H groups in total. The van der Waals surface area contributed by atoms with Crippen LogP contribution in [0.2, 0.25) is 0 Å². The van der Waals surface area contributed by atoms with Crippen molar-refractivity contribution in [3.8, 4) is 0 Å². The molecule has 0 fully saturated rings. The van der Waals surface area contributed by atoms with Crippen LogP contribution in [0.3, 0.4) is 0 Å². The highest BCUT2D eigenvalue weighted by Crippen LogP contribution is 2.17. The van der Waals surface area contributed by atoms with Gasteiger partial charge >= 0.3 is 0 Å². The average molecular weight is 455 g/mol. The first-order valence-corrected chi connectivity index (χ1v) is 12.6. The van der Waals surface area contributed by atoms with Crippen molar-refractivity contribution >= 4 is 33.4 Å². The Morgan fingerprint density at radius 2 is 1.61 bits per heavy atom. The second kappa shape index (κ2) is 10.5. The van der Waals surface area contributed by atoms with Crippen molar-refractivity contribution in [3.63, 3.8) is 0 Å². The molecule has 0 aliphatic rings. The molecule has 0 saturated heterocycles. The summed E-state index contributed by atoms with van der Waals surface area (Å²) >= 11 is 1.77. The van der Waals surface area contributed by atoms with E-state index in [1.54, 1.807) is 60.3 Å². The number of rotatable bonds is 9. The first-order chi connectivity index (χ1) is 14.8. The molecule has 0 atom stereocenters. The molecular formula is C24H26N2O3S2. The molecule has 3 rings (SSSR count). The molecule has 3 aromatic rings. The Kier molecular flexibility index (Phi) is 7.76. The Bertz CT molecular complexity index is 1130. The summed E-state index contributed by atoms with van der Waals surface area (Å²) in [5.74, 6) is 1.55. The molecular weight excluding hydrogens is 428 g/mol. The summed E-state index contributed by atoms with van der Waals surface area (Å²) in [5.41, 5.74) is 4.41. The molecule has 0 heterocycles. The van der Waals surface area contributed by atoms with Crippen molar-refractivity contribution in [2.45, 2.75) is 24.5 Å². The smallest absolute Gasteiger partial charge is 0.261 e. The highest BCUT2D eigenvalue weighted by molar-refractivity contribution is 7.98. The first kappa shape index (κ1) is 22.9. The molecule has 0 aliphatic carbocycles. The number of sulfonamides is 1. The van der Waals surface area contributed by atoms with Gasteiger partial charge in [-0.25, -0.2) is 8.42 Å². The van der Waals surface area contributed by atoms with Crippen LogP contribution in [0.4, 0.5) is 5.69 Å². The number of amides is 1. The minimum Gasteiger partial charge on any atom is -0.351 e. The predicted octanol–water partition coefficient (Wildman–Crippen LogP) is 4.77. The van der Waals surface area contributed by atoms with Crippen LogP contribution in [-0.2, 0) is 15.8 Å². The van der Waals surface area contributed by atoms with Crippen molar-refractivity contribution in [2.24, 2.45) is 0 Å². The SMILES string of the molecule is Cc1ccc(S(=O)(=O)Nc2ccc(C(=O)NCCSCc3cccc(C)c3)cc2)cc1. The zero-order valence-electron chi connectivity index (χ0n) is 17.6. The van der Waals surface area contributed by atoms with E-state index < -0.39 is 10.0 Å². The van der Waals surface area contributed by atoms with Gasteiger partial charge in [-0.1, -0.05) is 47.5 Å². The lowest BCUT2D eigenvalue weighted by molar-refractivity contribution is 0.0956. The summed E-state index contributed by atoms with van der Waals surface area (Å²) in [7, 11) is -3.66. The van der Waals surface area contributed by atoms with Gasteiger partial charge < -0.3 is 5.32 Å². The number of hydrogen-bond acceptors (Lipinski definition) is 4. The lowest BCUT2D eigenvalue weighted by Crippen LogP contribution is -2.25. The van der Waals surface area contributed by atoms with Gasteiger partial charge in [0.15, 0.2) is 0 Å². The van der Waals surface area contributed by atoms with E-state index in [1.165, 1.54) is 11.1 Å². The second-order valence-corrected chi connectivity index (χ2v) is 10.1. The Morgan fingerprint density at radius 3 is 2.29 bits per heavy atom. The maximum atomic E-state index is 12.5. The van der Waals surface area contributed by atoms with Crippen molar-refractivity contribution in [1.29, 1.82) is 0 Å². The van der Waals surface area contributed by atoms with Gasteiger partial charge in [-0.15, -0.1) is 0 Å². The minimum atomic E-state index is -3.66. The second-order valence-electron chi connectivity index (χ2n) is 7.29. The van der Waals surface area contributed by atoms with Gasteiger partial charge in [0.1, 0.15) is 0 Å². The largest absolute Gasteiger partial charge is 0.351 e. The highest BCUT2D eigenvalue weighted by atomic mass is 32.2. The van der Waals surface area contributed by atoms with E-state index in [1.807, 2.05) is 6.92 Å². The van der Waals surface area contributed by atoms with Crippen LogP contribution >= 0.6 is 11.8 Å². The normalized spacial score (nSPS) is 11.2. The number of nitrogens with one attached hydrogen (secondary N) is 2. The lowest BCUT2D eigenvalue weighted by Gasteiger charge is -2.10. The standard InChI is InChI=1S/C24H26N2O3S2/c1-18-6-12-23(13-7-18)31(28,29)26-22-10-8-21(9-11-22)24(27)25-14-15-30-17-20-5-3-4-19(2)16-20/h3-13,16,26H,14-15,17H2,1-2H3,(H,25,27). The quantitative estimate of drug-likeness (QED) is 0.457. The van der Waals surface area contributed by atoms with E-state index in [-0.39, 0.29) is 10.8 Å². The zero-order valence-corrected chi connectivity index (χ0v) is 19.2. The predicted molar refractivity (Wildman–Crippen MR) is 128 cm³/mol.